The normalized spacial score (nSPS) is 24.2. The van der Waals surface area contributed by atoms with Gasteiger partial charge in [-0.15, -0.1) is 0 Å². The third-order valence-electron chi connectivity index (χ3n) is 3.85. The van der Waals surface area contributed by atoms with Gasteiger partial charge in [-0.1, -0.05) is 13.3 Å². The zero-order valence-corrected chi connectivity index (χ0v) is 11.6. The van der Waals surface area contributed by atoms with Gasteiger partial charge >= 0.3 is 0 Å². The Labute approximate surface area is 110 Å². The first-order chi connectivity index (χ1) is 8.79. The van der Waals surface area contributed by atoms with Crippen molar-refractivity contribution < 1.29 is 4.79 Å². The Kier molecular flexibility index (Phi) is 5.45. The molecule has 0 aromatic carbocycles. The van der Waals surface area contributed by atoms with Crippen LogP contribution in [0, 0.1) is 0 Å². The number of nitrogens with zero attached hydrogens (tertiary/aromatic N) is 1. The number of nitrogens with one attached hydrogen (secondary N) is 2. The minimum Gasteiger partial charge on any atom is -0.355 e. The summed E-state index contributed by atoms with van der Waals surface area (Å²) in [4.78, 5) is 14.2. The summed E-state index contributed by atoms with van der Waals surface area (Å²) < 4.78 is 0. The van der Waals surface area contributed by atoms with Crippen LogP contribution in [-0.4, -0.2) is 49.1 Å². The highest BCUT2D eigenvalue weighted by Crippen LogP contribution is 2.27. The molecule has 0 aromatic rings. The van der Waals surface area contributed by atoms with E-state index in [9.17, 15) is 4.79 Å². The molecule has 2 N–H and O–H groups in total. The Morgan fingerprint density at radius 1 is 1.33 bits per heavy atom. The molecule has 0 aromatic heterocycles. The largest absolute Gasteiger partial charge is 0.355 e. The second-order valence-electron chi connectivity index (χ2n) is 5.66. The molecule has 1 amide bonds. The van der Waals surface area contributed by atoms with Crippen LogP contribution in [0.5, 0.6) is 0 Å². The van der Waals surface area contributed by atoms with Gasteiger partial charge in [-0.05, 0) is 38.6 Å². The standard InChI is InChI=1S/C14H27N3O/c1-2-8-16-14(18)11-17(13-6-7-13)10-12-5-3-4-9-15-12/h12-13,15H,2-11H2,1H3,(H,16,18). The van der Waals surface area contributed by atoms with E-state index in [0.717, 1.165) is 26.1 Å². The molecule has 104 valence electrons. The number of piperidine rings is 1. The van der Waals surface area contributed by atoms with Crippen molar-refractivity contribution >= 4 is 5.91 Å². The highest BCUT2D eigenvalue weighted by molar-refractivity contribution is 5.78. The molecule has 0 radical (unpaired) electrons. The zero-order valence-electron chi connectivity index (χ0n) is 11.6. The van der Waals surface area contributed by atoms with Gasteiger partial charge in [0.1, 0.15) is 0 Å². The summed E-state index contributed by atoms with van der Waals surface area (Å²) in [5, 5.41) is 6.56. The molecule has 1 heterocycles. The SMILES string of the molecule is CCCNC(=O)CN(CC1CCCCN1)C1CC1. The Morgan fingerprint density at radius 3 is 2.78 bits per heavy atom. The highest BCUT2D eigenvalue weighted by atomic mass is 16.2. The minimum atomic E-state index is 0.194. The van der Waals surface area contributed by atoms with Crippen LogP contribution in [0.3, 0.4) is 0 Å². The van der Waals surface area contributed by atoms with Gasteiger partial charge in [0.2, 0.25) is 5.91 Å². The molecule has 1 unspecified atom stereocenters. The maximum atomic E-state index is 11.8. The molecule has 4 nitrogen and oxygen atoms in total. The van der Waals surface area contributed by atoms with Crippen LogP contribution < -0.4 is 10.6 Å². The van der Waals surface area contributed by atoms with Crippen LogP contribution in [0.25, 0.3) is 0 Å². The molecule has 0 bridgehead atoms. The predicted molar refractivity (Wildman–Crippen MR) is 73.5 cm³/mol. The van der Waals surface area contributed by atoms with Crippen LogP contribution in [0.1, 0.15) is 45.4 Å². The van der Waals surface area contributed by atoms with Gasteiger partial charge < -0.3 is 10.6 Å². The molecule has 4 heteroatoms. The van der Waals surface area contributed by atoms with Gasteiger partial charge in [0.25, 0.3) is 0 Å². The van der Waals surface area contributed by atoms with E-state index in [4.69, 9.17) is 0 Å². The zero-order chi connectivity index (χ0) is 12.8. The molecule has 18 heavy (non-hydrogen) atoms. The molecule has 2 fully saturated rings. The first-order valence-electron chi connectivity index (χ1n) is 7.53. The fourth-order valence-electron chi connectivity index (χ4n) is 2.65. The summed E-state index contributed by atoms with van der Waals surface area (Å²) in [5.41, 5.74) is 0. The smallest absolute Gasteiger partial charge is 0.234 e. The topological polar surface area (TPSA) is 44.4 Å². The van der Waals surface area contributed by atoms with Crippen LogP contribution in [-0.2, 0) is 4.79 Å². The Bertz CT molecular complexity index is 260. The third-order valence-corrected chi connectivity index (χ3v) is 3.85. The van der Waals surface area contributed by atoms with E-state index < -0.39 is 0 Å². The van der Waals surface area contributed by atoms with Gasteiger partial charge in [-0.2, -0.15) is 0 Å². The van der Waals surface area contributed by atoms with Crippen molar-refractivity contribution in [1.82, 2.24) is 15.5 Å². The molecule has 1 atom stereocenters. The van der Waals surface area contributed by atoms with Crippen molar-refractivity contribution in [1.29, 1.82) is 0 Å². The number of hydrogen-bond acceptors (Lipinski definition) is 3. The summed E-state index contributed by atoms with van der Waals surface area (Å²) >= 11 is 0. The molecular weight excluding hydrogens is 226 g/mol. The van der Waals surface area contributed by atoms with E-state index in [2.05, 4.69) is 22.5 Å². The number of hydrogen-bond donors (Lipinski definition) is 2. The van der Waals surface area contributed by atoms with E-state index in [-0.39, 0.29) is 5.91 Å². The average molecular weight is 253 g/mol. The molecule has 0 spiro atoms. The molecular formula is C14H27N3O. The van der Waals surface area contributed by atoms with Crippen LogP contribution in [0.4, 0.5) is 0 Å². The maximum Gasteiger partial charge on any atom is 0.234 e. The van der Waals surface area contributed by atoms with E-state index >= 15 is 0 Å². The molecule has 1 saturated carbocycles. The summed E-state index contributed by atoms with van der Waals surface area (Å²) in [5.74, 6) is 0.194. The van der Waals surface area contributed by atoms with Gasteiger partial charge in [-0.25, -0.2) is 0 Å². The van der Waals surface area contributed by atoms with Crippen molar-refractivity contribution in [2.24, 2.45) is 0 Å². The van der Waals surface area contributed by atoms with Crippen molar-refractivity contribution in [3.8, 4) is 0 Å². The maximum absolute atomic E-state index is 11.8. The Hall–Kier alpha value is -0.610. The van der Waals surface area contributed by atoms with Gasteiger partial charge in [-0.3, -0.25) is 9.69 Å². The van der Waals surface area contributed by atoms with E-state index in [1.54, 1.807) is 0 Å². The summed E-state index contributed by atoms with van der Waals surface area (Å²) in [6.07, 6.45) is 7.45. The average Bonchev–Trinajstić information content (AvgIpc) is 3.21. The molecule has 1 saturated heterocycles. The molecule has 1 aliphatic carbocycles. The van der Waals surface area contributed by atoms with Crippen LogP contribution >= 0.6 is 0 Å². The van der Waals surface area contributed by atoms with E-state index in [1.807, 2.05) is 0 Å². The van der Waals surface area contributed by atoms with Gasteiger partial charge in [0.15, 0.2) is 0 Å². The van der Waals surface area contributed by atoms with E-state index in [1.165, 1.54) is 32.1 Å². The van der Waals surface area contributed by atoms with Crippen molar-refractivity contribution in [3.63, 3.8) is 0 Å². The van der Waals surface area contributed by atoms with Gasteiger partial charge in [0.05, 0.1) is 6.54 Å². The summed E-state index contributed by atoms with van der Waals surface area (Å²) in [7, 11) is 0. The third kappa shape index (κ3) is 4.58. The fourth-order valence-corrected chi connectivity index (χ4v) is 2.65. The van der Waals surface area contributed by atoms with Crippen molar-refractivity contribution in [3.05, 3.63) is 0 Å². The highest BCUT2D eigenvalue weighted by Gasteiger charge is 2.31. The first kappa shape index (κ1) is 13.8. The monoisotopic (exact) mass is 253 g/mol. The second kappa shape index (κ2) is 7.10. The Morgan fingerprint density at radius 2 is 2.17 bits per heavy atom. The number of rotatable bonds is 7. The number of carbonyl (C=O) groups is 1. The molecule has 2 aliphatic rings. The summed E-state index contributed by atoms with van der Waals surface area (Å²) in [6, 6.07) is 1.26. The summed E-state index contributed by atoms with van der Waals surface area (Å²) in [6.45, 7) is 5.67. The number of carbonyl (C=O) groups excluding carboxylic acids is 1. The van der Waals surface area contributed by atoms with E-state index in [0.29, 0.717) is 18.6 Å². The lowest BCUT2D eigenvalue weighted by Crippen LogP contribution is -2.47. The second-order valence-corrected chi connectivity index (χ2v) is 5.66. The Balaban J connectivity index is 1.74. The predicted octanol–water partition coefficient (Wildman–Crippen LogP) is 1.12. The van der Waals surface area contributed by atoms with Gasteiger partial charge in [0, 0.05) is 25.2 Å². The van der Waals surface area contributed by atoms with Crippen LogP contribution in [0.2, 0.25) is 0 Å². The molecule has 2 rings (SSSR count). The lowest BCUT2D eigenvalue weighted by Gasteiger charge is -2.30. The lowest BCUT2D eigenvalue weighted by molar-refractivity contribution is -0.122. The number of amides is 1. The fraction of sp³-hybridized carbons (Fsp3) is 0.929. The minimum absolute atomic E-state index is 0.194. The quantitative estimate of drug-likeness (QED) is 0.714. The van der Waals surface area contributed by atoms with Crippen molar-refractivity contribution in [2.75, 3.05) is 26.2 Å². The van der Waals surface area contributed by atoms with Crippen molar-refractivity contribution in [2.45, 2.75) is 57.5 Å². The van der Waals surface area contributed by atoms with Crippen LogP contribution in [0.15, 0.2) is 0 Å². The lowest BCUT2D eigenvalue weighted by atomic mass is 10.0. The molecule has 1 aliphatic heterocycles. The first-order valence-corrected chi connectivity index (χ1v) is 7.53.